The lowest BCUT2D eigenvalue weighted by molar-refractivity contribution is 0.289. The highest BCUT2D eigenvalue weighted by atomic mass is 14.9. The van der Waals surface area contributed by atoms with E-state index in [1.54, 1.807) is 5.56 Å². The maximum Gasteiger partial charge on any atom is 0.0208 e. The molecule has 0 atom stereocenters. The maximum atomic E-state index is 3.68. The Morgan fingerprint density at radius 2 is 1.80 bits per heavy atom. The Labute approximate surface area is 122 Å². The Morgan fingerprint density at radius 1 is 1.00 bits per heavy atom. The fourth-order valence-electron chi connectivity index (χ4n) is 3.17. The Hall–Kier alpha value is -1.60. The highest BCUT2D eigenvalue weighted by Gasteiger charge is 2.30. The number of aryl methyl sites for hydroxylation is 2. The minimum absolute atomic E-state index is 0.681. The van der Waals surface area contributed by atoms with E-state index in [2.05, 4.69) is 67.7 Å². The van der Waals surface area contributed by atoms with Crippen LogP contribution in [0.5, 0.6) is 0 Å². The van der Waals surface area contributed by atoms with Gasteiger partial charge in [-0.3, -0.25) is 0 Å². The van der Waals surface area contributed by atoms with Crippen LogP contribution in [-0.4, -0.2) is 6.04 Å². The summed E-state index contributed by atoms with van der Waals surface area (Å²) in [7, 11) is 0. The van der Waals surface area contributed by atoms with Gasteiger partial charge in [-0.15, -0.1) is 0 Å². The summed E-state index contributed by atoms with van der Waals surface area (Å²) >= 11 is 0. The second-order valence-corrected chi connectivity index (χ2v) is 6.09. The van der Waals surface area contributed by atoms with Crippen LogP contribution < -0.4 is 5.32 Å². The molecule has 0 amide bonds. The highest BCUT2D eigenvalue weighted by molar-refractivity contribution is 5.31. The van der Waals surface area contributed by atoms with Crippen LogP contribution in [0.25, 0.3) is 0 Å². The number of rotatable bonds is 4. The van der Waals surface area contributed by atoms with Crippen LogP contribution in [0.2, 0.25) is 0 Å². The third-order valence-corrected chi connectivity index (χ3v) is 4.44. The van der Waals surface area contributed by atoms with Gasteiger partial charge in [-0.05, 0) is 49.3 Å². The van der Waals surface area contributed by atoms with Crippen molar-refractivity contribution in [2.45, 2.75) is 45.2 Å². The maximum absolute atomic E-state index is 3.68. The van der Waals surface area contributed by atoms with E-state index in [4.69, 9.17) is 0 Å². The zero-order valence-electron chi connectivity index (χ0n) is 12.4. The zero-order valence-corrected chi connectivity index (χ0v) is 12.4. The van der Waals surface area contributed by atoms with Crippen molar-refractivity contribution in [1.29, 1.82) is 0 Å². The van der Waals surface area contributed by atoms with E-state index in [9.17, 15) is 0 Å². The van der Waals surface area contributed by atoms with Gasteiger partial charge in [0.1, 0.15) is 0 Å². The molecule has 0 unspecified atom stereocenters. The summed E-state index contributed by atoms with van der Waals surface area (Å²) in [6.45, 7) is 5.37. The molecule has 0 heterocycles. The lowest BCUT2D eigenvalue weighted by Gasteiger charge is -2.37. The summed E-state index contributed by atoms with van der Waals surface area (Å²) in [6, 6.07) is 18.3. The summed E-state index contributed by atoms with van der Waals surface area (Å²) in [5.74, 6) is 0.756. The van der Waals surface area contributed by atoms with Crippen molar-refractivity contribution in [2.75, 3.05) is 0 Å². The molecule has 104 valence electrons. The molecule has 1 nitrogen and oxygen atoms in total. The molecule has 0 bridgehead atoms. The first-order valence-electron chi connectivity index (χ1n) is 7.57. The Bertz CT molecular complexity index is 582. The smallest absolute Gasteiger partial charge is 0.0208 e. The van der Waals surface area contributed by atoms with E-state index in [1.165, 1.54) is 29.5 Å². The normalized spacial score (nSPS) is 21.5. The average molecular weight is 265 g/mol. The molecule has 1 N–H and O–H groups in total. The molecular formula is C19H23N. The summed E-state index contributed by atoms with van der Waals surface area (Å²) in [4.78, 5) is 0. The van der Waals surface area contributed by atoms with Crippen molar-refractivity contribution in [2.24, 2.45) is 0 Å². The van der Waals surface area contributed by atoms with Gasteiger partial charge < -0.3 is 5.32 Å². The van der Waals surface area contributed by atoms with Gasteiger partial charge >= 0.3 is 0 Å². The van der Waals surface area contributed by atoms with Crippen LogP contribution in [0, 0.1) is 13.8 Å². The quantitative estimate of drug-likeness (QED) is 0.867. The van der Waals surface area contributed by atoms with Gasteiger partial charge in [0, 0.05) is 12.6 Å². The molecule has 20 heavy (non-hydrogen) atoms. The van der Waals surface area contributed by atoms with Gasteiger partial charge in [0.2, 0.25) is 0 Å². The molecule has 0 saturated heterocycles. The predicted octanol–water partition coefficient (Wildman–Crippen LogP) is 4.34. The molecule has 2 aromatic carbocycles. The standard InChI is InChI=1S/C19H23N/c1-14-6-5-8-16(10-14)13-20-18-11-17(12-18)19-9-4-3-7-15(19)2/h3-10,17-18,20H,11-13H2,1-2H3. The van der Waals surface area contributed by atoms with Crippen molar-refractivity contribution >= 4 is 0 Å². The topological polar surface area (TPSA) is 12.0 Å². The molecule has 0 spiro atoms. The number of hydrogen-bond donors (Lipinski definition) is 1. The molecule has 1 aliphatic rings. The first-order valence-corrected chi connectivity index (χ1v) is 7.57. The lowest BCUT2D eigenvalue weighted by Crippen LogP contribution is -2.39. The van der Waals surface area contributed by atoms with Crippen LogP contribution in [0.15, 0.2) is 48.5 Å². The molecule has 0 radical (unpaired) electrons. The van der Waals surface area contributed by atoms with Crippen LogP contribution in [0.3, 0.4) is 0 Å². The second kappa shape index (κ2) is 5.80. The minimum atomic E-state index is 0.681. The molecule has 1 heteroatoms. The Morgan fingerprint density at radius 3 is 2.55 bits per heavy atom. The SMILES string of the molecule is Cc1cccc(CNC2CC(c3ccccc3C)C2)c1. The van der Waals surface area contributed by atoms with Crippen LogP contribution in [0.1, 0.15) is 41.0 Å². The first-order chi connectivity index (χ1) is 9.72. The minimum Gasteiger partial charge on any atom is -0.310 e. The van der Waals surface area contributed by atoms with Crippen LogP contribution >= 0.6 is 0 Å². The van der Waals surface area contributed by atoms with E-state index >= 15 is 0 Å². The number of hydrogen-bond acceptors (Lipinski definition) is 1. The van der Waals surface area contributed by atoms with E-state index in [1.807, 2.05) is 0 Å². The van der Waals surface area contributed by atoms with Gasteiger partial charge in [0.25, 0.3) is 0 Å². The molecule has 0 aromatic heterocycles. The van der Waals surface area contributed by atoms with E-state index in [0.29, 0.717) is 6.04 Å². The van der Waals surface area contributed by atoms with Crippen molar-refractivity contribution in [3.05, 3.63) is 70.8 Å². The molecule has 3 rings (SSSR count). The lowest BCUT2D eigenvalue weighted by atomic mass is 9.74. The van der Waals surface area contributed by atoms with Crippen molar-refractivity contribution in [3.8, 4) is 0 Å². The van der Waals surface area contributed by atoms with Gasteiger partial charge in [0.15, 0.2) is 0 Å². The molecule has 1 saturated carbocycles. The third kappa shape index (κ3) is 2.94. The summed E-state index contributed by atoms with van der Waals surface area (Å²) in [5, 5.41) is 3.68. The van der Waals surface area contributed by atoms with Gasteiger partial charge in [-0.2, -0.15) is 0 Å². The van der Waals surface area contributed by atoms with Crippen molar-refractivity contribution in [3.63, 3.8) is 0 Å². The van der Waals surface area contributed by atoms with E-state index < -0.39 is 0 Å². The number of nitrogens with one attached hydrogen (secondary N) is 1. The van der Waals surface area contributed by atoms with Crippen molar-refractivity contribution in [1.82, 2.24) is 5.32 Å². The summed E-state index contributed by atoms with van der Waals surface area (Å²) in [5.41, 5.74) is 5.72. The summed E-state index contributed by atoms with van der Waals surface area (Å²) in [6.07, 6.45) is 2.55. The molecule has 1 aliphatic carbocycles. The second-order valence-electron chi connectivity index (χ2n) is 6.09. The van der Waals surface area contributed by atoms with Gasteiger partial charge in [-0.25, -0.2) is 0 Å². The Kier molecular flexibility index (Phi) is 3.88. The zero-order chi connectivity index (χ0) is 13.9. The van der Waals surface area contributed by atoms with Crippen LogP contribution in [0.4, 0.5) is 0 Å². The van der Waals surface area contributed by atoms with Crippen molar-refractivity contribution < 1.29 is 0 Å². The average Bonchev–Trinajstić information content (AvgIpc) is 2.39. The number of benzene rings is 2. The van der Waals surface area contributed by atoms with Gasteiger partial charge in [-0.1, -0.05) is 54.1 Å². The first kappa shape index (κ1) is 13.4. The molecule has 1 fully saturated rings. The predicted molar refractivity (Wildman–Crippen MR) is 85.0 cm³/mol. The molecule has 0 aliphatic heterocycles. The van der Waals surface area contributed by atoms with E-state index in [0.717, 1.165) is 12.5 Å². The molecule has 2 aromatic rings. The van der Waals surface area contributed by atoms with Crippen LogP contribution in [-0.2, 0) is 6.54 Å². The fourth-order valence-corrected chi connectivity index (χ4v) is 3.17. The largest absolute Gasteiger partial charge is 0.310 e. The van der Waals surface area contributed by atoms with E-state index in [-0.39, 0.29) is 0 Å². The Balaban J connectivity index is 1.50. The fraction of sp³-hybridized carbons (Fsp3) is 0.368. The summed E-state index contributed by atoms with van der Waals surface area (Å²) < 4.78 is 0. The highest BCUT2D eigenvalue weighted by Crippen LogP contribution is 2.38. The monoisotopic (exact) mass is 265 g/mol. The van der Waals surface area contributed by atoms with Gasteiger partial charge in [0.05, 0.1) is 0 Å². The molecular weight excluding hydrogens is 242 g/mol. The third-order valence-electron chi connectivity index (χ3n) is 4.44.